The summed E-state index contributed by atoms with van der Waals surface area (Å²) >= 11 is 0.979. The number of aryl methyl sites for hydroxylation is 1. The fourth-order valence-electron chi connectivity index (χ4n) is 1.76. The molecule has 0 nitrogen and oxygen atoms in total. The molecule has 5 heteroatoms. The molecule has 0 aromatic heterocycles. The summed E-state index contributed by atoms with van der Waals surface area (Å²) in [6.07, 6.45) is -3.16. The number of halogens is 4. The molecule has 0 heterocycles. The van der Waals surface area contributed by atoms with Crippen LogP contribution in [0.5, 0.6) is 0 Å². The highest BCUT2D eigenvalue weighted by Gasteiger charge is 2.34. The van der Waals surface area contributed by atoms with E-state index in [2.05, 4.69) is 6.58 Å². The van der Waals surface area contributed by atoms with Gasteiger partial charge in [-0.25, -0.2) is 4.39 Å². The van der Waals surface area contributed by atoms with Crippen LogP contribution in [-0.2, 0) is 0 Å². The summed E-state index contributed by atoms with van der Waals surface area (Å²) in [4.78, 5) is 0.655. The van der Waals surface area contributed by atoms with Gasteiger partial charge in [0.05, 0.1) is 5.57 Å². The van der Waals surface area contributed by atoms with E-state index < -0.39 is 17.6 Å². The smallest absolute Gasteiger partial charge is 0.207 e. The van der Waals surface area contributed by atoms with Crippen LogP contribution in [0, 0.1) is 12.7 Å². The maximum Gasteiger partial charge on any atom is 0.416 e. The summed E-state index contributed by atoms with van der Waals surface area (Å²) in [6, 6.07) is 12.4. The van der Waals surface area contributed by atoms with Crippen LogP contribution in [0.1, 0.15) is 11.1 Å². The Bertz CT molecular complexity index is 710. The van der Waals surface area contributed by atoms with Gasteiger partial charge in [0, 0.05) is 9.80 Å². The van der Waals surface area contributed by atoms with Gasteiger partial charge in [-0.1, -0.05) is 48.2 Å². The van der Waals surface area contributed by atoms with E-state index in [0.29, 0.717) is 10.5 Å². The highest BCUT2D eigenvalue weighted by atomic mass is 32.2. The van der Waals surface area contributed by atoms with Gasteiger partial charge in [0.1, 0.15) is 5.82 Å². The van der Waals surface area contributed by atoms with Crippen LogP contribution in [0.2, 0.25) is 0 Å². The molecule has 120 valence electrons. The predicted octanol–water partition coefficient (Wildman–Crippen LogP) is 6.39. The Hall–Kier alpha value is -2.01. The topological polar surface area (TPSA) is 0 Å². The number of allylic oxidation sites excluding steroid dienone is 1. The molecule has 0 spiro atoms. The molecule has 0 N–H and O–H groups in total. The van der Waals surface area contributed by atoms with Gasteiger partial charge >= 0.3 is 6.18 Å². The maximum atomic E-state index is 13.0. The minimum Gasteiger partial charge on any atom is -0.207 e. The summed E-state index contributed by atoms with van der Waals surface area (Å²) in [7, 11) is 0. The van der Waals surface area contributed by atoms with E-state index >= 15 is 0 Å². The molecule has 0 amide bonds. The Balaban J connectivity index is 2.37. The molecule has 0 bridgehead atoms. The van der Waals surface area contributed by atoms with E-state index in [-0.39, 0.29) is 4.91 Å². The number of benzene rings is 2. The largest absolute Gasteiger partial charge is 0.416 e. The Kier molecular flexibility index (Phi) is 5.31. The number of alkyl halides is 3. The summed E-state index contributed by atoms with van der Waals surface area (Å²) in [5.41, 5.74) is 0.576. The van der Waals surface area contributed by atoms with Gasteiger partial charge in [0.2, 0.25) is 0 Å². The van der Waals surface area contributed by atoms with Crippen molar-refractivity contribution < 1.29 is 17.6 Å². The molecule has 0 aliphatic heterocycles. The Morgan fingerprint density at radius 3 is 2.09 bits per heavy atom. The van der Waals surface area contributed by atoms with Gasteiger partial charge in [-0.15, -0.1) is 0 Å². The van der Waals surface area contributed by atoms with Crippen molar-refractivity contribution in [2.24, 2.45) is 0 Å². The first kappa shape index (κ1) is 17.3. The lowest BCUT2D eigenvalue weighted by molar-refractivity contribution is -0.0880. The van der Waals surface area contributed by atoms with Crippen LogP contribution >= 0.6 is 11.8 Å². The normalized spacial score (nSPS) is 12.3. The van der Waals surface area contributed by atoms with E-state index in [0.717, 1.165) is 17.3 Å². The summed E-state index contributed by atoms with van der Waals surface area (Å²) in [6.45, 7) is 5.07. The molecule has 0 radical (unpaired) electrons. The van der Waals surface area contributed by atoms with Crippen molar-refractivity contribution in [1.82, 2.24) is 0 Å². The van der Waals surface area contributed by atoms with E-state index in [1.165, 1.54) is 30.3 Å². The molecule has 0 fully saturated rings. The van der Waals surface area contributed by atoms with Gasteiger partial charge in [-0.3, -0.25) is 0 Å². The van der Waals surface area contributed by atoms with Gasteiger partial charge in [-0.2, -0.15) is 13.2 Å². The molecule has 2 rings (SSSR count). The van der Waals surface area contributed by atoms with E-state index in [9.17, 15) is 17.6 Å². The summed E-state index contributed by atoms with van der Waals surface area (Å²) in [5.74, 6) is -0.440. The highest BCUT2D eigenvalue weighted by molar-refractivity contribution is 8.03. The Labute approximate surface area is 136 Å². The minimum absolute atomic E-state index is 0.0204. The van der Waals surface area contributed by atoms with Gasteiger partial charge in [0.25, 0.3) is 0 Å². The second-order valence-electron chi connectivity index (χ2n) is 4.95. The zero-order valence-electron chi connectivity index (χ0n) is 12.3. The number of hydrogen-bond acceptors (Lipinski definition) is 1. The third-order valence-corrected chi connectivity index (χ3v) is 4.15. The maximum absolute atomic E-state index is 13.0. The van der Waals surface area contributed by atoms with Crippen molar-refractivity contribution in [3.05, 3.63) is 82.5 Å². The van der Waals surface area contributed by atoms with Crippen LogP contribution in [-0.4, -0.2) is 6.18 Å². The Morgan fingerprint density at radius 2 is 1.57 bits per heavy atom. The summed E-state index contributed by atoms with van der Waals surface area (Å²) < 4.78 is 52.0. The van der Waals surface area contributed by atoms with E-state index in [1.54, 1.807) is 12.1 Å². The average Bonchev–Trinajstić information content (AvgIpc) is 2.49. The van der Waals surface area contributed by atoms with Crippen molar-refractivity contribution in [3.8, 4) is 0 Å². The molecule has 0 unspecified atom stereocenters. The molecular formula is C18H14F4S. The highest BCUT2D eigenvalue weighted by Crippen LogP contribution is 2.40. The van der Waals surface area contributed by atoms with Crippen molar-refractivity contribution in [2.75, 3.05) is 0 Å². The third-order valence-electron chi connectivity index (χ3n) is 3.06. The second-order valence-corrected chi connectivity index (χ2v) is 6.07. The monoisotopic (exact) mass is 338 g/mol. The van der Waals surface area contributed by atoms with E-state index in [1.807, 2.05) is 19.1 Å². The fourth-order valence-corrected chi connectivity index (χ4v) is 2.72. The van der Waals surface area contributed by atoms with Crippen LogP contribution in [0.25, 0.3) is 6.08 Å². The zero-order chi connectivity index (χ0) is 17.0. The van der Waals surface area contributed by atoms with E-state index in [4.69, 9.17) is 0 Å². The molecule has 0 aliphatic rings. The lowest BCUT2D eigenvalue weighted by Crippen LogP contribution is -2.11. The van der Waals surface area contributed by atoms with Crippen molar-refractivity contribution in [3.63, 3.8) is 0 Å². The first-order valence-corrected chi connectivity index (χ1v) is 7.55. The van der Waals surface area contributed by atoms with Crippen LogP contribution in [0.3, 0.4) is 0 Å². The molecule has 2 aromatic rings. The Morgan fingerprint density at radius 1 is 1.00 bits per heavy atom. The fraction of sp³-hybridized carbons (Fsp3) is 0.111. The van der Waals surface area contributed by atoms with Crippen molar-refractivity contribution in [1.29, 1.82) is 0 Å². The quantitative estimate of drug-likeness (QED) is 0.354. The second kappa shape index (κ2) is 7.04. The lowest BCUT2D eigenvalue weighted by Gasteiger charge is -2.14. The molecule has 2 aromatic carbocycles. The molecule has 0 saturated carbocycles. The minimum atomic E-state index is -4.52. The molecular weight excluding hydrogens is 324 g/mol. The number of rotatable bonds is 4. The molecule has 0 saturated heterocycles. The number of hydrogen-bond donors (Lipinski definition) is 0. The van der Waals surface area contributed by atoms with Gasteiger partial charge in [-0.05, 0) is 42.8 Å². The van der Waals surface area contributed by atoms with Crippen LogP contribution in [0.4, 0.5) is 17.6 Å². The van der Waals surface area contributed by atoms with Crippen molar-refractivity contribution >= 4 is 17.8 Å². The average molecular weight is 338 g/mol. The van der Waals surface area contributed by atoms with Crippen LogP contribution in [0.15, 0.2) is 70.5 Å². The molecule has 0 aliphatic carbocycles. The lowest BCUT2D eigenvalue weighted by atomic mass is 10.1. The zero-order valence-corrected chi connectivity index (χ0v) is 13.1. The summed E-state index contributed by atoms with van der Waals surface area (Å²) in [5, 5.41) is 0. The van der Waals surface area contributed by atoms with Crippen molar-refractivity contribution in [2.45, 2.75) is 18.0 Å². The molecule has 23 heavy (non-hydrogen) atoms. The third kappa shape index (κ3) is 4.99. The standard InChI is InChI=1S/C18H14F4S/c1-12-3-9-16(10-4-12)23-17(13(2)18(20,21)22)11-14-5-7-15(19)8-6-14/h3-11H,2H2,1H3/b17-11+. The first-order chi connectivity index (χ1) is 10.8. The predicted molar refractivity (Wildman–Crippen MR) is 86.6 cm³/mol. The van der Waals surface area contributed by atoms with Gasteiger partial charge in [0.15, 0.2) is 0 Å². The molecule has 0 atom stereocenters. The SMILES string of the molecule is C=C(/C(=C\c1ccc(F)cc1)Sc1ccc(C)cc1)C(F)(F)F. The van der Waals surface area contributed by atoms with Gasteiger partial charge < -0.3 is 0 Å². The first-order valence-electron chi connectivity index (χ1n) is 6.74. The van der Waals surface area contributed by atoms with Crippen LogP contribution < -0.4 is 0 Å². The number of thioether (sulfide) groups is 1.